The fraction of sp³-hybridized carbons (Fsp3) is 0.385. The molecule has 0 N–H and O–H groups in total. The maximum Gasteiger partial charge on any atom is 0.273 e. The van der Waals surface area contributed by atoms with Gasteiger partial charge >= 0.3 is 0 Å². The van der Waals surface area contributed by atoms with E-state index in [9.17, 15) is 9.18 Å². The second kappa shape index (κ2) is 9.65. The van der Waals surface area contributed by atoms with E-state index in [1.807, 2.05) is 36.5 Å². The number of nitrogens with zero attached hydrogens (tertiary/aromatic N) is 3. The lowest BCUT2D eigenvalue weighted by Crippen LogP contribution is -2.29. The number of halogens is 1. The Balaban J connectivity index is 1.40. The highest BCUT2D eigenvalue weighted by Gasteiger charge is 2.25. The first kappa shape index (κ1) is 22.8. The molecule has 1 aliphatic heterocycles. The molecule has 3 aromatic rings. The minimum absolute atomic E-state index is 0.0912. The van der Waals surface area contributed by atoms with Gasteiger partial charge in [0.1, 0.15) is 17.3 Å². The van der Waals surface area contributed by atoms with Crippen molar-refractivity contribution in [2.75, 3.05) is 27.8 Å². The Morgan fingerprint density at radius 2 is 1.97 bits per heavy atom. The van der Waals surface area contributed by atoms with Crippen LogP contribution in [0.1, 0.15) is 45.3 Å². The molecule has 1 aromatic heterocycles. The van der Waals surface area contributed by atoms with E-state index in [0.29, 0.717) is 35.7 Å². The SMILES string of the molecule is COc1ccc(CCN(C)C(=O)c2cn3c(n2)CC[C@@H](c2ccc(F)c(C)c2)C3)cc1OC. The van der Waals surface area contributed by atoms with Gasteiger partial charge in [-0.15, -0.1) is 0 Å². The maximum atomic E-state index is 13.6. The van der Waals surface area contributed by atoms with Gasteiger partial charge in [-0.25, -0.2) is 9.37 Å². The Bertz CT molecular complexity index is 1160. The van der Waals surface area contributed by atoms with Crippen LogP contribution in [0.3, 0.4) is 0 Å². The number of carbonyl (C=O) groups is 1. The van der Waals surface area contributed by atoms with Crippen molar-refractivity contribution in [2.45, 2.75) is 38.6 Å². The molecule has 6 nitrogen and oxygen atoms in total. The zero-order valence-corrected chi connectivity index (χ0v) is 19.6. The molecule has 2 aromatic carbocycles. The molecule has 174 valence electrons. The van der Waals surface area contributed by atoms with E-state index in [4.69, 9.17) is 9.47 Å². The summed E-state index contributed by atoms with van der Waals surface area (Å²) in [4.78, 5) is 19.3. The average Bonchev–Trinajstić information content (AvgIpc) is 3.26. The van der Waals surface area contributed by atoms with E-state index in [-0.39, 0.29) is 17.6 Å². The summed E-state index contributed by atoms with van der Waals surface area (Å²) in [6.45, 7) is 3.10. The predicted molar refractivity (Wildman–Crippen MR) is 125 cm³/mol. The van der Waals surface area contributed by atoms with Crippen LogP contribution in [-0.4, -0.2) is 48.2 Å². The van der Waals surface area contributed by atoms with Crippen molar-refractivity contribution in [2.24, 2.45) is 0 Å². The second-order valence-corrected chi connectivity index (χ2v) is 8.60. The maximum absolute atomic E-state index is 13.6. The highest BCUT2D eigenvalue weighted by molar-refractivity contribution is 5.92. The first-order valence-corrected chi connectivity index (χ1v) is 11.2. The molecule has 7 heteroatoms. The Labute approximate surface area is 194 Å². The van der Waals surface area contributed by atoms with Gasteiger partial charge in [0.05, 0.1) is 14.2 Å². The number of hydrogen-bond donors (Lipinski definition) is 0. The molecule has 0 unspecified atom stereocenters. The zero-order chi connectivity index (χ0) is 23.5. The molecule has 1 atom stereocenters. The smallest absolute Gasteiger partial charge is 0.273 e. The summed E-state index contributed by atoms with van der Waals surface area (Å²) >= 11 is 0. The third-order valence-electron chi connectivity index (χ3n) is 6.40. The average molecular weight is 452 g/mol. The number of benzene rings is 2. The largest absolute Gasteiger partial charge is 0.493 e. The number of imidazole rings is 1. The van der Waals surface area contributed by atoms with Crippen molar-refractivity contribution in [3.05, 3.63) is 76.6 Å². The molecular formula is C26H30FN3O3. The number of fused-ring (bicyclic) bond motifs is 1. The molecule has 0 fully saturated rings. The topological polar surface area (TPSA) is 56.6 Å². The third-order valence-corrected chi connectivity index (χ3v) is 6.40. The molecule has 0 saturated heterocycles. The Hall–Kier alpha value is -3.35. The Kier molecular flexibility index (Phi) is 6.67. The molecule has 0 saturated carbocycles. The normalized spacial score (nSPS) is 15.1. The van der Waals surface area contributed by atoms with Crippen molar-refractivity contribution in [3.8, 4) is 11.5 Å². The molecule has 0 bridgehead atoms. The predicted octanol–water partition coefficient (Wildman–Crippen LogP) is 4.39. The van der Waals surface area contributed by atoms with Gasteiger partial charge in [0.25, 0.3) is 5.91 Å². The molecule has 0 spiro atoms. The van der Waals surface area contributed by atoms with E-state index in [1.54, 1.807) is 33.1 Å². The van der Waals surface area contributed by atoms with Gasteiger partial charge in [0.15, 0.2) is 11.5 Å². The first-order valence-electron chi connectivity index (χ1n) is 11.2. The lowest BCUT2D eigenvalue weighted by atomic mass is 9.90. The summed E-state index contributed by atoms with van der Waals surface area (Å²) in [5.74, 6) is 2.31. The number of carbonyl (C=O) groups excluding carboxylic acids is 1. The first-order chi connectivity index (χ1) is 15.9. The monoisotopic (exact) mass is 451 g/mol. The van der Waals surface area contributed by atoms with Crippen LogP contribution < -0.4 is 9.47 Å². The second-order valence-electron chi connectivity index (χ2n) is 8.60. The van der Waals surface area contributed by atoms with Crippen molar-refractivity contribution < 1.29 is 18.7 Å². The Morgan fingerprint density at radius 3 is 2.70 bits per heavy atom. The third kappa shape index (κ3) is 4.87. The molecular weight excluding hydrogens is 421 g/mol. The van der Waals surface area contributed by atoms with Gasteiger partial charge < -0.3 is 18.9 Å². The van der Waals surface area contributed by atoms with E-state index in [0.717, 1.165) is 36.3 Å². The van der Waals surface area contributed by atoms with Crippen LogP contribution in [0.25, 0.3) is 0 Å². The molecule has 0 radical (unpaired) electrons. The van der Waals surface area contributed by atoms with Crippen LogP contribution >= 0.6 is 0 Å². The van der Waals surface area contributed by atoms with E-state index in [2.05, 4.69) is 9.55 Å². The summed E-state index contributed by atoms with van der Waals surface area (Å²) < 4.78 is 26.4. The van der Waals surface area contributed by atoms with Gasteiger partial charge in [0, 0.05) is 38.7 Å². The molecule has 2 heterocycles. The highest BCUT2D eigenvalue weighted by atomic mass is 19.1. The number of rotatable bonds is 7. The molecule has 1 amide bonds. The Morgan fingerprint density at radius 1 is 1.18 bits per heavy atom. The van der Waals surface area contributed by atoms with Crippen molar-refractivity contribution >= 4 is 5.91 Å². The molecule has 33 heavy (non-hydrogen) atoms. The summed E-state index contributed by atoms with van der Waals surface area (Å²) in [5.41, 5.74) is 3.33. The van der Waals surface area contributed by atoms with Crippen LogP contribution in [0, 0.1) is 12.7 Å². The van der Waals surface area contributed by atoms with E-state index in [1.165, 1.54) is 6.07 Å². The summed E-state index contributed by atoms with van der Waals surface area (Å²) in [7, 11) is 5.02. The summed E-state index contributed by atoms with van der Waals surface area (Å²) in [6.07, 6.45) is 4.28. The zero-order valence-electron chi connectivity index (χ0n) is 19.6. The fourth-order valence-electron chi connectivity index (χ4n) is 4.37. The number of aromatic nitrogens is 2. The molecule has 0 aliphatic carbocycles. The van der Waals surface area contributed by atoms with Gasteiger partial charge in [-0.3, -0.25) is 4.79 Å². The lowest BCUT2D eigenvalue weighted by Gasteiger charge is -2.24. The quantitative estimate of drug-likeness (QED) is 0.535. The number of hydrogen-bond acceptors (Lipinski definition) is 4. The van der Waals surface area contributed by atoms with Crippen LogP contribution in [0.5, 0.6) is 11.5 Å². The minimum Gasteiger partial charge on any atom is -0.493 e. The number of aryl methyl sites for hydroxylation is 2. The van der Waals surface area contributed by atoms with Crippen LogP contribution in [-0.2, 0) is 19.4 Å². The molecule has 4 rings (SSSR count). The number of amides is 1. The van der Waals surface area contributed by atoms with Gasteiger partial charge in [-0.1, -0.05) is 18.2 Å². The number of ether oxygens (including phenoxy) is 2. The highest BCUT2D eigenvalue weighted by Crippen LogP contribution is 2.30. The number of methoxy groups -OCH3 is 2. The fourth-order valence-corrected chi connectivity index (χ4v) is 4.37. The standard InChI is InChI=1S/C26H30FN3O3/c1-17-13-19(6-8-21(17)27)20-7-10-25-28-22(16-30(25)15-20)26(31)29(2)12-11-18-5-9-23(32-3)24(14-18)33-4/h5-6,8-9,13-14,16,20H,7,10-12,15H2,1-4H3/t20-/m1/s1. The van der Waals surface area contributed by atoms with Gasteiger partial charge in [0.2, 0.25) is 0 Å². The van der Waals surface area contributed by atoms with Crippen LogP contribution in [0.2, 0.25) is 0 Å². The van der Waals surface area contributed by atoms with Crippen molar-refractivity contribution in [1.82, 2.24) is 14.5 Å². The van der Waals surface area contributed by atoms with Gasteiger partial charge in [-0.2, -0.15) is 0 Å². The summed E-state index contributed by atoms with van der Waals surface area (Å²) in [6, 6.07) is 11.1. The minimum atomic E-state index is -0.179. The summed E-state index contributed by atoms with van der Waals surface area (Å²) in [5, 5.41) is 0. The van der Waals surface area contributed by atoms with E-state index >= 15 is 0 Å². The van der Waals surface area contributed by atoms with E-state index < -0.39 is 0 Å². The molecule has 1 aliphatic rings. The lowest BCUT2D eigenvalue weighted by molar-refractivity contribution is 0.0791. The van der Waals surface area contributed by atoms with Crippen LogP contribution in [0.15, 0.2) is 42.6 Å². The van der Waals surface area contributed by atoms with Crippen LogP contribution in [0.4, 0.5) is 4.39 Å². The van der Waals surface area contributed by atoms with Crippen molar-refractivity contribution in [1.29, 1.82) is 0 Å². The van der Waals surface area contributed by atoms with Crippen molar-refractivity contribution in [3.63, 3.8) is 0 Å². The van der Waals surface area contributed by atoms with Gasteiger partial charge in [-0.05, 0) is 54.7 Å². The number of likely N-dealkylation sites (N-methyl/N-ethyl adjacent to an activating group) is 1.